The van der Waals surface area contributed by atoms with Crippen LogP contribution in [0, 0.1) is 5.82 Å². The Labute approximate surface area is 175 Å². The van der Waals surface area contributed by atoms with E-state index in [1.165, 1.54) is 17.7 Å². The number of hydrogen-bond acceptors (Lipinski definition) is 4. The van der Waals surface area contributed by atoms with Gasteiger partial charge in [0, 0.05) is 33.4 Å². The molecule has 0 saturated heterocycles. The number of aromatic nitrogens is 1. The highest BCUT2D eigenvalue weighted by molar-refractivity contribution is 9.10. The van der Waals surface area contributed by atoms with E-state index < -0.39 is 5.82 Å². The number of aromatic hydroxyl groups is 1. The van der Waals surface area contributed by atoms with Crippen LogP contribution in [0.1, 0.15) is 11.1 Å². The number of halogens is 2. The molecule has 0 aliphatic rings. The maximum absolute atomic E-state index is 13.8. The maximum atomic E-state index is 13.8. The standard InChI is InChI=1S/C22H18BrFN2OS/c23-18-3-1-14(2-4-18)5-7-25-12-17-9-16-10-19(24)21(27)11-20(16)26-22(17)15-6-8-28-13-15/h1-4,6,8-11,13,25,27H,5,7,12H2. The van der Waals surface area contributed by atoms with E-state index in [-0.39, 0.29) is 5.75 Å². The van der Waals surface area contributed by atoms with Crippen LogP contribution in [0.2, 0.25) is 0 Å². The molecule has 0 aliphatic heterocycles. The number of phenols is 1. The molecule has 2 aromatic carbocycles. The minimum absolute atomic E-state index is 0.378. The summed E-state index contributed by atoms with van der Waals surface area (Å²) in [6.07, 6.45) is 0.921. The summed E-state index contributed by atoms with van der Waals surface area (Å²) in [5.41, 5.74) is 4.74. The van der Waals surface area contributed by atoms with Crippen molar-refractivity contribution in [1.29, 1.82) is 0 Å². The zero-order chi connectivity index (χ0) is 19.5. The van der Waals surface area contributed by atoms with E-state index in [1.807, 2.05) is 35.0 Å². The van der Waals surface area contributed by atoms with Gasteiger partial charge in [0.2, 0.25) is 0 Å². The van der Waals surface area contributed by atoms with Crippen LogP contribution in [0.4, 0.5) is 4.39 Å². The molecule has 0 bridgehead atoms. The van der Waals surface area contributed by atoms with Crippen molar-refractivity contribution in [3.8, 4) is 17.0 Å². The highest BCUT2D eigenvalue weighted by Gasteiger charge is 2.12. The van der Waals surface area contributed by atoms with Crippen LogP contribution in [0.5, 0.6) is 5.75 Å². The lowest BCUT2D eigenvalue weighted by Gasteiger charge is -2.12. The second-order valence-electron chi connectivity index (χ2n) is 6.56. The molecular weight excluding hydrogens is 439 g/mol. The minimum atomic E-state index is -0.633. The Bertz CT molecular complexity index is 1100. The zero-order valence-corrected chi connectivity index (χ0v) is 17.4. The van der Waals surface area contributed by atoms with Gasteiger partial charge in [0.05, 0.1) is 11.2 Å². The quantitative estimate of drug-likeness (QED) is 0.354. The van der Waals surface area contributed by atoms with Crippen molar-refractivity contribution in [2.45, 2.75) is 13.0 Å². The summed E-state index contributed by atoms with van der Waals surface area (Å²) in [5, 5.41) is 17.9. The largest absolute Gasteiger partial charge is 0.505 e. The first-order chi connectivity index (χ1) is 13.6. The molecule has 0 spiro atoms. The van der Waals surface area contributed by atoms with E-state index in [2.05, 4.69) is 33.4 Å². The summed E-state index contributed by atoms with van der Waals surface area (Å²) >= 11 is 5.06. The monoisotopic (exact) mass is 456 g/mol. The molecule has 6 heteroatoms. The van der Waals surface area contributed by atoms with Gasteiger partial charge in [-0.1, -0.05) is 28.1 Å². The summed E-state index contributed by atoms with van der Waals surface area (Å²) < 4.78 is 14.9. The molecule has 0 aliphatic carbocycles. The van der Waals surface area contributed by atoms with Crippen LogP contribution >= 0.6 is 27.3 Å². The van der Waals surface area contributed by atoms with Crippen LogP contribution < -0.4 is 5.32 Å². The molecule has 0 radical (unpaired) electrons. The van der Waals surface area contributed by atoms with E-state index in [4.69, 9.17) is 4.98 Å². The molecule has 2 heterocycles. The van der Waals surface area contributed by atoms with Crippen LogP contribution in [-0.4, -0.2) is 16.6 Å². The Morgan fingerprint density at radius 3 is 2.68 bits per heavy atom. The van der Waals surface area contributed by atoms with Gasteiger partial charge in [0.1, 0.15) is 0 Å². The summed E-state index contributed by atoms with van der Waals surface area (Å²) in [6, 6.07) is 15.0. The molecule has 0 saturated carbocycles. The van der Waals surface area contributed by atoms with Gasteiger partial charge >= 0.3 is 0 Å². The fourth-order valence-electron chi connectivity index (χ4n) is 3.12. The Hall–Kier alpha value is -2.28. The van der Waals surface area contributed by atoms with Gasteiger partial charge in [-0.05, 0) is 59.8 Å². The maximum Gasteiger partial charge on any atom is 0.165 e. The fourth-order valence-corrected chi connectivity index (χ4v) is 4.02. The average Bonchev–Trinajstić information content (AvgIpc) is 3.22. The second-order valence-corrected chi connectivity index (χ2v) is 8.25. The van der Waals surface area contributed by atoms with Crippen molar-refractivity contribution >= 4 is 38.2 Å². The lowest BCUT2D eigenvalue weighted by molar-refractivity contribution is 0.433. The number of rotatable bonds is 6. The molecule has 0 fully saturated rings. The fraction of sp³-hybridized carbons (Fsp3) is 0.136. The smallest absolute Gasteiger partial charge is 0.165 e. The first-order valence-corrected chi connectivity index (χ1v) is 10.6. The van der Waals surface area contributed by atoms with Crippen molar-refractivity contribution in [1.82, 2.24) is 10.3 Å². The molecule has 2 N–H and O–H groups in total. The number of benzene rings is 2. The number of phenolic OH excluding ortho intramolecular Hbond substituents is 1. The van der Waals surface area contributed by atoms with E-state index in [0.29, 0.717) is 17.4 Å². The van der Waals surface area contributed by atoms with E-state index >= 15 is 0 Å². The number of nitrogens with one attached hydrogen (secondary N) is 1. The third-order valence-electron chi connectivity index (χ3n) is 4.58. The van der Waals surface area contributed by atoms with Gasteiger partial charge in [-0.25, -0.2) is 9.37 Å². The lowest BCUT2D eigenvalue weighted by Crippen LogP contribution is -2.17. The normalized spacial score (nSPS) is 11.2. The number of fused-ring (bicyclic) bond motifs is 1. The molecule has 28 heavy (non-hydrogen) atoms. The number of pyridine rings is 1. The summed E-state index contributed by atoms with van der Waals surface area (Å²) in [5.74, 6) is -1.01. The Kier molecular flexibility index (Phi) is 5.71. The molecule has 0 amide bonds. The SMILES string of the molecule is Oc1cc2nc(-c3ccsc3)c(CNCCc3ccc(Br)cc3)cc2cc1F. The molecule has 142 valence electrons. The Morgan fingerprint density at radius 2 is 1.93 bits per heavy atom. The average molecular weight is 457 g/mol. The number of thiophene rings is 1. The van der Waals surface area contributed by atoms with Crippen molar-refractivity contribution in [2.75, 3.05) is 6.54 Å². The second kappa shape index (κ2) is 8.39. The molecule has 3 nitrogen and oxygen atoms in total. The van der Waals surface area contributed by atoms with Crippen LogP contribution in [-0.2, 0) is 13.0 Å². The summed E-state index contributed by atoms with van der Waals surface area (Å²) in [4.78, 5) is 4.70. The van der Waals surface area contributed by atoms with Crippen molar-refractivity contribution in [3.63, 3.8) is 0 Å². The molecule has 0 unspecified atom stereocenters. The first-order valence-electron chi connectivity index (χ1n) is 8.90. The number of nitrogens with zero attached hydrogens (tertiary/aromatic N) is 1. The van der Waals surface area contributed by atoms with E-state index in [0.717, 1.165) is 34.3 Å². The van der Waals surface area contributed by atoms with E-state index in [1.54, 1.807) is 11.3 Å². The topological polar surface area (TPSA) is 45.2 Å². The van der Waals surface area contributed by atoms with Gasteiger partial charge in [0.15, 0.2) is 11.6 Å². The van der Waals surface area contributed by atoms with Crippen LogP contribution in [0.15, 0.2) is 63.8 Å². The Morgan fingerprint density at radius 1 is 1.11 bits per heavy atom. The summed E-state index contributed by atoms with van der Waals surface area (Å²) in [6.45, 7) is 1.46. The predicted octanol–water partition coefficient (Wildman–Crippen LogP) is 5.90. The van der Waals surface area contributed by atoms with Gasteiger partial charge in [-0.15, -0.1) is 0 Å². The highest BCUT2D eigenvalue weighted by Crippen LogP contribution is 2.30. The predicted molar refractivity (Wildman–Crippen MR) is 116 cm³/mol. The van der Waals surface area contributed by atoms with Crippen LogP contribution in [0.25, 0.3) is 22.2 Å². The Balaban J connectivity index is 1.56. The van der Waals surface area contributed by atoms with Gasteiger partial charge < -0.3 is 10.4 Å². The van der Waals surface area contributed by atoms with Gasteiger partial charge in [-0.3, -0.25) is 0 Å². The molecule has 4 aromatic rings. The third-order valence-corrected chi connectivity index (χ3v) is 5.79. The minimum Gasteiger partial charge on any atom is -0.505 e. The number of hydrogen-bond donors (Lipinski definition) is 2. The highest BCUT2D eigenvalue weighted by atomic mass is 79.9. The van der Waals surface area contributed by atoms with Gasteiger partial charge in [-0.2, -0.15) is 11.3 Å². The lowest BCUT2D eigenvalue weighted by atomic mass is 10.0. The summed E-state index contributed by atoms with van der Waals surface area (Å²) in [7, 11) is 0. The van der Waals surface area contributed by atoms with Crippen molar-refractivity contribution in [3.05, 3.63) is 80.7 Å². The van der Waals surface area contributed by atoms with E-state index in [9.17, 15) is 9.50 Å². The van der Waals surface area contributed by atoms with Crippen molar-refractivity contribution < 1.29 is 9.50 Å². The molecular formula is C22H18BrFN2OS. The first kappa shape index (κ1) is 19.1. The van der Waals surface area contributed by atoms with Crippen molar-refractivity contribution in [2.24, 2.45) is 0 Å². The zero-order valence-electron chi connectivity index (χ0n) is 15.0. The van der Waals surface area contributed by atoms with Gasteiger partial charge in [0.25, 0.3) is 0 Å². The third kappa shape index (κ3) is 4.24. The molecule has 0 atom stereocenters. The molecule has 4 rings (SSSR count). The molecule has 2 aromatic heterocycles. The van der Waals surface area contributed by atoms with Crippen LogP contribution in [0.3, 0.4) is 0 Å².